The molecule has 0 atom stereocenters. The summed E-state index contributed by atoms with van der Waals surface area (Å²) >= 11 is 3.52. The van der Waals surface area contributed by atoms with Crippen molar-refractivity contribution in [3.8, 4) is 0 Å². The van der Waals surface area contributed by atoms with Crippen LogP contribution in [0.5, 0.6) is 0 Å². The highest BCUT2D eigenvalue weighted by molar-refractivity contribution is 9.10. The molecule has 3 aromatic rings. The predicted octanol–water partition coefficient (Wildman–Crippen LogP) is 3.25. The van der Waals surface area contributed by atoms with E-state index >= 15 is 0 Å². The lowest BCUT2D eigenvalue weighted by atomic mass is 9.97. The number of fused-ring (bicyclic) bond motifs is 2. The molecule has 0 radical (unpaired) electrons. The predicted molar refractivity (Wildman–Crippen MR) is 98.4 cm³/mol. The molecule has 0 amide bonds. The average molecular weight is 387 g/mol. The standard InChI is InChI=1S/C17H19BrN6/c1-3-24-8-7-12-11(9-24)5-4-6-13(12)21-16-14-15(18)22-23(2)17(14)20-10-19-16/h4-6,10H,3,7-9H2,1-2H3,(H,19,20,21). The summed E-state index contributed by atoms with van der Waals surface area (Å²) in [6.45, 7) is 5.41. The van der Waals surface area contributed by atoms with Gasteiger partial charge in [0.15, 0.2) is 5.65 Å². The quantitative estimate of drug-likeness (QED) is 0.748. The molecule has 1 aliphatic rings. The molecule has 7 heteroatoms. The number of hydrogen-bond acceptors (Lipinski definition) is 5. The third kappa shape index (κ3) is 2.57. The van der Waals surface area contributed by atoms with Crippen molar-refractivity contribution in [1.82, 2.24) is 24.6 Å². The van der Waals surface area contributed by atoms with Crippen LogP contribution in [0, 0.1) is 0 Å². The lowest BCUT2D eigenvalue weighted by Crippen LogP contribution is -2.30. The first-order chi connectivity index (χ1) is 11.7. The summed E-state index contributed by atoms with van der Waals surface area (Å²) in [6, 6.07) is 6.45. The molecule has 1 N–H and O–H groups in total. The molecule has 2 aromatic heterocycles. The Kier molecular flexibility index (Phi) is 3.97. The van der Waals surface area contributed by atoms with E-state index in [0.29, 0.717) is 0 Å². The Morgan fingerprint density at radius 2 is 2.17 bits per heavy atom. The van der Waals surface area contributed by atoms with Crippen molar-refractivity contribution >= 4 is 38.5 Å². The Balaban J connectivity index is 1.75. The summed E-state index contributed by atoms with van der Waals surface area (Å²) in [5.74, 6) is 0.784. The second-order valence-corrected chi connectivity index (χ2v) is 6.77. The van der Waals surface area contributed by atoms with E-state index < -0.39 is 0 Å². The van der Waals surface area contributed by atoms with Gasteiger partial charge in [-0.25, -0.2) is 14.6 Å². The molecule has 0 spiro atoms. The van der Waals surface area contributed by atoms with E-state index in [-0.39, 0.29) is 0 Å². The summed E-state index contributed by atoms with van der Waals surface area (Å²) in [6.07, 6.45) is 2.63. The highest BCUT2D eigenvalue weighted by Gasteiger charge is 2.19. The van der Waals surface area contributed by atoms with Crippen molar-refractivity contribution in [3.05, 3.63) is 40.3 Å². The molecule has 1 aliphatic heterocycles. The number of aromatic nitrogens is 4. The van der Waals surface area contributed by atoms with E-state index in [1.54, 1.807) is 11.0 Å². The normalized spacial score (nSPS) is 14.8. The molecule has 6 nitrogen and oxygen atoms in total. The van der Waals surface area contributed by atoms with E-state index in [1.807, 2.05) is 7.05 Å². The molecule has 0 saturated carbocycles. The van der Waals surface area contributed by atoms with Gasteiger partial charge in [0.25, 0.3) is 0 Å². The zero-order valence-corrected chi connectivity index (χ0v) is 15.3. The molecule has 24 heavy (non-hydrogen) atoms. The van der Waals surface area contributed by atoms with Crippen molar-refractivity contribution in [3.63, 3.8) is 0 Å². The van der Waals surface area contributed by atoms with Gasteiger partial charge in [-0.3, -0.25) is 4.90 Å². The second-order valence-electron chi connectivity index (χ2n) is 6.02. The molecule has 0 bridgehead atoms. The van der Waals surface area contributed by atoms with Crippen LogP contribution in [0.15, 0.2) is 29.1 Å². The van der Waals surface area contributed by atoms with Crippen molar-refractivity contribution in [2.24, 2.45) is 7.05 Å². The van der Waals surface area contributed by atoms with Crippen LogP contribution >= 0.6 is 15.9 Å². The number of rotatable bonds is 3. The van der Waals surface area contributed by atoms with Gasteiger partial charge in [0.1, 0.15) is 16.7 Å². The number of halogens is 1. The van der Waals surface area contributed by atoms with Gasteiger partial charge in [-0.2, -0.15) is 5.10 Å². The second kappa shape index (κ2) is 6.14. The van der Waals surface area contributed by atoms with Crippen LogP contribution in [0.2, 0.25) is 0 Å². The average Bonchev–Trinajstić information content (AvgIpc) is 2.90. The summed E-state index contributed by atoms with van der Waals surface area (Å²) in [7, 11) is 1.88. The maximum absolute atomic E-state index is 4.44. The highest BCUT2D eigenvalue weighted by atomic mass is 79.9. The van der Waals surface area contributed by atoms with Crippen LogP contribution in [-0.2, 0) is 20.0 Å². The molecule has 0 fully saturated rings. The van der Waals surface area contributed by atoms with Crippen LogP contribution in [0.1, 0.15) is 18.1 Å². The molecular weight excluding hydrogens is 368 g/mol. The van der Waals surface area contributed by atoms with Gasteiger partial charge < -0.3 is 5.32 Å². The van der Waals surface area contributed by atoms with E-state index in [2.05, 4.69) is 66.3 Å². The zero-order chi connectivity index (χ0) is 16.7. The van der Waals surface area contributed by atoms with Gasteiger partial charge in [0, 0.05) is 25.8 Å². The largest absolute Gasteiger partial charge is 0.339 e. The third-order valence-electron chi connectivity index (χ3n) is 4.62. The summed E-state index contributed by atoms with van der Waals surface area (Å²) in [5, 5.41) is 8.80. The first-order valence-corrected chi connectivity index (χ1v) is 8.90. The monoisotopic (exact) mass is 386 g/mol. The van der Waals surface area contributed by atoms with Gasteiger partial charge in [-0.05, 0) is 46.1 Å². The third-order valence-corrected chi connectivity index (χ3v) is 5.18. The first-order valence-electron chi connectivity index (χ1n) is 8.10. The number of nitrogens with zero attached hydrogens (tertiary/aromatic N) is 5. The van der Waals surface area contributed by atoms with E-state index in [0.717, 1.165) is 53.2 Å². The van der Waals surface area contributed by atoms with Crippen molar-refractivity contribution in [2.75, 3.05) is 18.4 Å². The van der Waals surface area contributed by atoms with Crippen molar-refractivity contribution in [2.45, 2.75) is 19.9 Å². The smallest absolute Gasteiger partial charge is 0.164 e. The number of hydrogen-bond donors (Lipinski definition) is 1. The fourth-order valence-electron chi connectivity index (χ4n) is 3.32. The SMILES string of the molecule is CCN1CCc2c(cccc2Nc2ncnc3c2c(Br)nn3C)C1. The number of aryl methyl sites for hydroxylation is 1. The van der Waals surface area contributed by atoms with Crippen molar-refractivity contribution < 1.29 is 0 Å². The molecule has 0 aliphatic carbocycles. The van der Waals surface area contributed by atoms with Crippen LogP contribution in [0.25, 0.3) is 11.0 Å². The van der Waals surface area contributed by atoms with Crippen LogP contribution in [0.3, 0.4) is 0 Å². The maximum atomic E-state index is 4.44. The Morgan fingerprint density at radius 1 is 1.29 bits per heavy atom. The molecule has 4 rings (SSSR count). The molecule has 1 aromatic carbocycles. The van der Waals surface area contributed by atoms with E-state index in [9.17, 15) is 0 Å². The lowest BCUT2D eigenvalue weighted by Gasteiger charge is -2.29. The van der Waals surface area contributed by atoms with Gasteiger partial charge in [-0.15, -0.1) is 0 Å². The molecular formula is C17H19BrN6. The Hall–Kier alpha value is -1.99. The Bertz CT molecular complexity index is 903. The van der Waals surface area contributed by atoms with Gasteiger partial charge in [0.2, 0.25) is 0 Å². The summed E-state index contributed by atoms with van der Waals surface area (Å²) in [5.41, 5.74) is 4.71. The maximum Gasteiger partial charge on any atom is 0.164 e. The fourth-order valence-corrected chi connectivity index (χ4v) is 3.92. The summed E-state index contributed by atoms with van der Waals surface area (Å²) < 4.78 is 2.51. The first kappa shape index (κ1) is 15.5. The minimum absolute atomic E-state index is 0.755. The Morgan fingerprint density at radius 3 is 3.00 bits per heavy atom. The minimum Gasteiger partial charge on any atom is -0.339 e. The molecule has 124 valence electrons. The minimum atomic E-state index is 0.755. The van der Waals surface area contributed by atoms with E-state index in [4.69, 9.17) is 0 Å². The topological polar surface area (TPSA) is 58.9 Å². The highest BCUT2D eigenvalue weighted by Crippen LogP contribution is 2.32. The van der Waals surface area contributed by atoms with Crippen LogP contribution < -0.4 is 5.32 Å². The lowest BCUT2D eigenvalue weighted by molar-refractivity contribution is 0.268. The number of anilines is 2. The fraction of sp³-hybridized carbons (Fsp3) is 0.353. The Labute approximate surface area is 149 Å². The number of likely N-dealkylation sites (N-methyl/N-ethyl adjacent to an activating group) is 1. The van der Waals surface area contributed by atoms with Gasteiger partial charge in [-0.1, -0.05) is 19.1 Å². The van der Waals surface area contributed by atoms with Crippen LogP contribution in [0.4, 0.5) is 11.5 Å². The van der Waals surface area contributed by atoms with Crippen LogP contribution in [-0.4, -0.2) is 37.7 Å². The van der Waals surface area contributed by atoms with Crippen molar-refractivity contribution in [1.29, 1.82) is 0 Å². The number of benzene rings is 1. The van der Waals surface area contributed by atoms with Gasteiger partial charge in [0.05, 0.1) is 5.39 Å². The van der Waals surface area contributed by atoms with Gasteiger partial charge >= 0.3 is 0 Å². The molecule has 0 unspecified atom stereocenters. The molecule has 3 heterocycles. The summed E-state index contributed by atoms with van der Waals surface area (Å²) in [4.78, 5) is 11.2. The number of nitrogens with one attached hydrogen (secondary N) is 1. The zero-order valence-electron chi connectivity index (χ0n) is 13.8. The van der Waals surface area contributed by atoms with E-state index in [1.165, 1.54) is 11.1 Å². The molecule has 0 saturated heterocycles.